The summed E-state index contributed by atoms with van der Waals surface area (Å²) >= 11 is 0. The number of carbonyl (C=O) groups is 1. The fourth-order valence-electron chi connectivity index (χ4n) is 1.59. The molecule has 0 fully saturated rings. The van der Waals surface area contributed by atoms with Crippen LogP contribution in [0, 0.1) is 0 Å². The van der Waals surface area contributed by atoms with Crippen LogP contribution < -0.4 is 21.1 Å². The average molecular weight is 267 g/mol. The molecule has 1 aromatic carbocycles. The van der Waals surface area contributed by atoms with Gasteiger partial charge in [0.25, 0.3) is 0 Å². The summed E-state index contributed by atoms with van der Waals surface area (Å²) in [6.45, 7) is 5.07. The summed E-state index contributed by atoms with van der Waals surface area (Å²) < 4.78 is 10.4. The topological polar surface area (TPSA) is 85.6 Å². The summed E-state index contributed by atoms with van der Waals surface area (Å²) in [5.41, 5.74) is 7.79. The van der Waals surface area contributed by atoms with Crippen LogP contribution >= 0.6 is 0 Å². The van der Waals surface area contributed by atoms with E-state index < -0.39 is 0 Å². The van der Waals surface area contributed by atoms with Crippen molar-refractivity contribution in [2.24, 2.45) is 0 Å². The van der Waals surface area contributed by atoms with E-state index in [-0.39, 0.29) is 5.91 Å². The van der Waals surface area contributed by atoms with E-state index >= 15 is 0 Å². The number of rotatable bonds is 7. The smallest absolute Gasteiger partial charge is 0.221 e. The molecule has 0 saturated carbocycles. The molecule has 0 aliphatic rings. The first-order valence-corrected chi connectivity index (χ1v) is 6.15. The van der Waals surface area contributed by atoms with Gasteiger partial charge in [-0.05, 0) is 13.0 Å². The van der Waals surface area contributed by atoms with Gasteiger partial charge in [-0.3, -0.25) is 4.79 Å². The Hall–Kier alpha value is -1.95. The van der Waals surface area contributed by atoms with Crippen molar-refractivity contribution < 1.29 is 14.3 Å². The molecular weight excluding hydrogens is 246 g/mol. The van der Waals surface area contributed by atoms with Crippen molar-refractivity contribution in [3.8, 4) is 5.75 Å². The summed E-state index contributed by atoms with van der Waals surface area (Å²) in [7, 11) is 1.61. The Morgan fingerprint density at radius 3 is 2.63 bits per heavy atom. The predicted molar refractivity (Wildman–Crippen MR) is 76.7 cm³/mol. The van der Waals surface area contributed by atoms with E-state index in [1.165, 1.54) is 6.92 Å². The molecule has 19 heavy (non-hydrogen) atoms. The van der Waals surface area contributed by atoms with Gasteiger partial charge in [0.2, 0.25) is 5.91 Å². The molecule has 6 heteroatoms. The van der Waals surface area contributed by atoms with Gasteiger partial charge in [0.05, 0.1) is 23.7 Å². The van der Waals surface area contributed by atoms with E-state index in [9.17, 15) is 4.79 Å². The standard InChI is InChI=1S/C13H21N3O3/c1-4-15-11-8-13(19-6-5-18-3)10(14)7-12(11)16-9(2)17/h7-8,15H,4-6,14H2,1-3H3,(H,16,17). The zero-order valence-electron chi connectivity index (χ0n) is 11.6. The highest BCUT2D eigenvalue weighted by molar-refractivity contribution is 5.94. The molecule has 0 saturated heterocycles. The first-order chi connectivity index (χ1) is 9.08. The number of anilines is 3. The second-order valence-corrected chi connectivity index (χ2v) is 3.99. The SMILES string of the molecule is CCNc1cc(OCCOC)c(N)cc1NC(C)=O. The molecular formula is C13H21N3O3. The monoisotopic (exact) mass is 267 g/mol. The van der Waals surface area contributed by atoms with Crippen LogP contribution in [0.5, 0.6) is 5.75 Å². The lowest BCUT2D eigenvalue weighted by atomic mass is 10.2. The number of carbonyl (C=O) groups excluding carboxylic acids is 1. The largest absolute Gasteiger partial charge is 0.489 e. The molecule has 6 nitrogen and oxygen atoms in total. The number of benzene rings is 1. The number of hydrogen-bond acceptors (Lipinski definition) is 5. The maximum absolute atomic E-state index is 11.1. The first-order valence-electron chi connectivity index (χ1n) is 6.15. The molecule has 0 bridgehead atoms. The molecule has 0 spiro atoms. The van der Waals surface area contributed by atoms with Crippen LogP contribution in [-0.4, -0.2) is 32.8 Å². The van der Waals surface area contributed by atoms with Crippen LogP contribution in [0.2, 0.25) is 0 Å². The molecule has 0 aliphatic heterocycles. The lowest BCUT2D eigenvalue weighted by Gasteiger charge is -2.16. The van der Waals surface area contributed by atoms with Crippen molar-refractivity contribution in [1.82, 2.24) is 0 Å². The highest BCUT2D eigenvalue weighted by Crippen LogP contribution is 2.33. The number of nitrogens with one attached hydrogen (secondary N) is 2. The minimum atomic E-state index is -0.147. The molecule has 0 unspecified atom stereocenters. The van der Waals surface area contributed by atoms with Crippen LogP contribution in [0.25, 0.3) is 0 Å². The van der Waals surface area contributed by atoms with Gasteiger partial charge in [-0.1, -0.05) is 0 Å². The predicted octanol–water partition coefficient (Wildman–Crippen LogP) is 1.68. The van der Waals surface area contributed by atoms with Crippen LogP contribution in [-0.2, 0) is 9.53 Å². The van der Waals surface area contributed by atoms with Crippen molar-refractivity contribution in [3.63, 3.8) is 0 Å². The van der Waals surface area contributed by atoms with E-state index in [2.05, 4.69) is 10.6 Å². The van der Waals surface area contributed by atoms with E-state index in [1.54, 1.807) is 19.2 Å². The van der Waals surface area contributed by atoms with Crippen LogP contribution in [0.3, 0.4) is 0 Å². The van der Waals surface area contributed by atoms with Crippen molar-refractivity contribution >= 4 is 23.0 Å². The van der Waals surface area contributed by atoms with E-state index in [0.29, 0.717) is 30.3 Å². The summed E-state index contributed by atoms with van der Waals surface area (Å²) in [4.78, 5) is 11.1. The van der Waals surface area contributed by atoms with Gasteiger partial charge in [-0.25, -0.2) is 0 Å². The third kappa shape index (κ3) is 4.67. The molecule has 0 heterocycles. The Bertz CT molecular complexity index is 435. The maximum Gasteiger partial charge on any atom is 0.221 e. The summed E-state index contributed by atoms with van der Waals surface area (Å²) in [5.74, 6) is 0.425. The van der Waals surface area contributed by atoms with Crippen LogP contribution in [0.4, 0.5) is 17.1 Å². The lowest BCUT2D eigenvalue weighted by molar-refractivity contribution is -0.114. The van der Waals surface area contributed by atoms with Crippen LogP contribution in [0.1, 0.15) is 13.8 Å². The van der Waals surface area contributed by atoms with Crippen molar-refractivity contribution in [2.75, 3.05) is 43.2 Å². The number of methoxy groups -OCH3 is 1. The zero-order valence-corrected chi connectivity index (χ0v) is 11.6. The van der Waals surface area contributed by atoms with Crippen molar-refractivity contribution in [2.45, 2.75) is 13.8 Å². The van der Waals surface area contributed by atoms with Gasteiger partial charge < -0.3 is 25.8 Å². The second kappa shape index (κ2) is 7.48. The third-order valence-electron chi connectivity index (χ3n) is 2.37. The van der Waals surface area contributed by atoms with Gasteiger partial charge in [0.15, 0.2) is 0 Å². The average Bonchev–Trinajstić information content (AvgIpc) is 2.34. The van der Waals surface area contributed by atoms with Gasteiger partial charge in [-0.2, -0.15) is 0 Å². The summed E-state index contributed by atoms with van der Waals surface area (Å²) in [5, 5.41) is 5.89. The van der Waals surface area contributed by atoms with Gasteiger partial charge in [0.1, 0.15) is 12.4 Å². The Morgan fingerprint density at radius 1 is 1.32 bits per heavy atom. The van der Waals surface area contributed by atoms with Gasteiger partial charge in [0, 0.05) is 26.6 Å². The molecule has 0 aromatic heterocycles. The molecule has 0 radical (unpaired) electrons. The van der Waals surface area contributed by atoms with E-state index in [4.69, 9.17) is 15.2 Å². The van der Waals surface area contributed by atoms with Crippen molar-refractivity contribution in [1.29, 1.82) is 0 Å². The van der Waals surface area contributed by atoms with E-state index in [0.717, 1.165) is 12.2 Å². The van der Waals surface area contributed by atoms with Gasteiger partial charge in [-0.15, -0.1) is 0 Å². The molecule has 1 amide bonds. The summed E-state index contributed by atoms with van der Waals surface area (Å²) in [6.07, 6.45) is 0. The molecule has 4 N–H and O–H groups in total. The fourth-order valence-corrected chi connectivity index (χ4v) is 1.59. The van der Waals surface area contributed by atoms with Crippen LogP contribution in [0.15, 0.2) is 12.1 Å². The molecule has 106 valence electrons. The first kappa shape index (κ1) is 15.1. The second-order valence-electron chi connectivity index (χ2n) is 3.99. The minimum absolute atomic E-state index is 0.147. The maximum atomic E-state index is 11.1. The highest BCUT2D eigenvalue weighted by Gasteiger charge is 2.09. The number of ether oxygens (including phenoxy) is 2. The minimum Gasteiger partial charge on any atom is -0.489 e. The Morgan fingerprint density at radius 2 is 2.05 bits per heavy atom. The molecule has 1 rings (SSSR count). The third-order valence-corrected chi connectivity index (χ3v) is 2.37. The zero-order chi connectivity index (χ0) is 14.3. The van der Waals surface area contributed by atoms with E-state index in [1.807, 2.05) is 6.92 Å². The normalized spacial score (nSPS) is 10.1. The van der Waals surface area contributed by atoms with Gasteiger partial charge >= 0.3 is 0 Å². The quantitative estimate of drug-likeness (QED) is 0.517. The Kier molecular flexibility index (Phi) is 5.95. The number of amides is 1. The van der Waals surface area contributed by atoms with Crippen molar-refractivity contribution in [3.05, 3.63) is 12.1 Å². The molecule has 1 aromatic rings. The lowest BCUT2D eigenvalue weighted by Crippen LogP contribution is -2.11. The molecule has 0 aliphatic carbocycles. The number of hydrogen-bond donors (Lipinski definition) is 3. The number of nitrogens with two attached hydrogens (primary N) is 1. The number of nitrogen functional groups attached to an aromatic ring is 1. The Labute approximate surface area is 113 Å². The summed E-state index contributed by atoms with van der Waals surface area (Å²) in [6, 6.07) is 3.46. The Balaban J connectivity index is 2.94. The fraction of sp³-hybridized carbons (Fsp3) is 0.462. The molecule has 0 atom stereocenters. The highest BCUT2D eigenvalue weighted by atomic mass is 16.5.